The largest absolute Gasteiger partial charge is 0.340 e. The Bertz CT molecular complexity index is 528. The predicted molar refractivity (Wildman–Crippen MR) is 74.1 cm³/mol. The molecule has 1 atom stereocenters. The van der Waals surface area contributed by atoms with Gasteiger partial charge in [-0.05, 0) is 17.2 Å². The Morgan fingerprint density at radius 1 is 1.26 bits per heavy atom. The van der Waals surface area contributed by atoms with Gasteiger partial charge < -0.3 is 10.6 Å². The summed E-state index contributed by atoms with van der Waals surface area (Å²) in [5, 5.41) is 0. The smallest absolute Gasteiger partial charge is 0.244 e. The van der Waals surface area contributed by atoms with Crippen LogP contribution in [0.25, 0.3) is 0 Å². The molecule has 1 aromatic heterocycles. The summed E-state index contributed by atoms with van der Waals surface area (Å²) in [4.78, 5) is 17.9. The van der Waals surface area contributed by atoms with Gasteiger partial charge in [-0.1, -0.05) is 36.4 Å². The lowest BCUT2D eigenvalue weighted by atomic mass is 10.1. The summed E-state index contributed by atoms with van der Waals surface area (Å²) in [5.41, 5.74) is 7.80. The zero-order valence-corrected chi connectivity index (χ0v) is 10.9. The maximum absolute atomic E-state index is 12.2. The second kappa shape index (κ2) is 6.11. The molecule has 98 valence electrons. The van der Waals surface area contributed by atoms with Crippen molar-refractivity contribution in [3.63, 3.8) is 0 Å². The third-order valence-electron chi connectivity index (χ3n) is 2.94. The van der Waals surface area contributed by atoms with E-state index in [0.717, 1.165) is 11.1 Å². The Balaban J connectivity index is 2.03. The lowest BCUT2D eigenvalue weighted by molar-refractivity contribution is -0.131. The molecule has 0 bridgehead atoms. The monoisotopic (exact) mass is 255 g/mol. The number of nitrogens with zero attached hydrogens (tertiary/aromatic N) is 2. The normalized spacial score (nSPS) is 11.9. The van der Waals surface area contributed by atoms with E-state index < -0.39 is 6.04 Å². The molecule has 1 heterocycles. The third kappa shape index (κ3) is 3.39. The van der Waals surface area contributed by atoms with E-state index in [2.05, 4.69) is 4.98 Å². The van der Waals surface area contributed by atoms with Gasteiger partial charge in [-0.15, -0.1) is 0 Å². The van der Waals surface area contributed by atoms with Crippen molar-refractivity contribution in [2.24, 2.45) is 5.73 Å². The summed E-state index contributed by atoms with van der Waals surface area (Å²) in [6, 6.07) is 12.5. The first kappa shape index (κ1) is 13.2. The summed E-state index contributed by atoms with van der Waals surface area (Å²) >= 11 is 0. The maximum Gasteiger partial charge on any atom is 0.244 e. The molecular weight excluding hydrogens is 238 g/mol. The van der Waals surface area contributed by atoms with Crippen LogP contribution in [0.5, 0.6) is 0 Å². The van der Waals surface area contributed by atoms with Crippen molar-refractivity contribution in [2.45, 2.75) is 12.6 Å². The number of nitrogens with two attached hydrogens (primary N) is 1. The van der Waals surface area contributed by atoms with Gasteiger partial charge in [-0.3, -0.25) is 9.78 Å². The minimum absolute atomic E-state index is 0.102. The molecule has 19 heavy (non-hydrogen) atoms. The van der Waals surface area contributed by atoms with Crippen LogP contribution in [0, 0.1) is 0 Å². The van der Waals surface area contributed by atoms with E-state index in [1.54, 1.807) is 24.3 Å². The van der Waals surface area contributed by atoms with Crippen LogP contribution in [-0.2, 0) is 11.3 Å². The molecule has 0 radical (unpaired) electrons. The Morgan fingerprint density at radius 2 is 2.00 bits per heavy atom. The van der Waals surface area contributed by atoms with Crippen molar-refractivity contribution in [1.82, 2.24) is 9.88 Å². The van der Waals surface area contributed by atoms with E-state index in [0.29, 0.717) is 6.54 Å². The highest BCUT2D eigenvalue weighted by molar-refractivity contribution is 5.82. The van der Waals surface area contributed by atoms with Crippen molar-refractivity contribution in [1.29, 1.82) is 0 Å². The van der Waals surface area contributed by atoms with Crippen molar-refractivity contribution in [3.8, 4) is 0 Å². The van der Waals surface area contributed by atoms with E-state index in [-0.39, 0.29) is 5.91 Å². The standard InChI is InChI=1S/C15H17N3O/c1-18(11-12-6-5-9-17-10-12)15(19)14(16)13-7-3-2-4-8-13/h2-10,14H,11,16H2,1H3/t14-/m1/s1. The molecule has 0 aliphatic heterocycles. The minimum Gasteiger partial charge on any atom is -0.340 e. The maximum atomic E-state index is 12.2. The lowest BCUT2D eigenvalue weighted by Crippen LogP contribution is -2.35. The summed E-state index contributed by atoms with van der Waals surface area (Å²) in [7, 11) is 1.75. The van der Waals surface area contributed by atoms with Crippen LogP contribution in [0.3, 0.4) is 0 Å². The van der Waals surface area contributed by atoms with Crippen LogP contribution in [0.1, 0.15) is 17.2 Å². The first-order valence-corrected chi connectivity index (χ1v) is 6.13. The molecule has 0 aliphatic rings. The molecule has 1 aromatic carbocycles. The van der Waals surface area contributed by atoms with E-state index in [1.165, 1.54) is 0 Å². The average Bonchev–Trinajstić information content (AvgIpc) is 2.47. The van der Waals surface area contributed by atoms with Gasteiger partial charge in [0.1, 0.15) is 6.04 Å². The molecule has 1 amide bonds. The van der Waals surface area contributed by atoms with Crippen molar-refractivity contribution in [3.05, 3.63) is 66.0 Å². The highest BCUT2D eigenvalue weighted by Gasteiger charge is 2.19. The molecule has 4 nitrogen and oxygen atoms in total. The second-order valence-electron chi connectivity index (χ2n) is 4.44. The first-order chi connectivity index (χ1) is 9.18. The Morgan fingerprint density at radius 3 is 2.63 bits per heavy atom. The van der Waals surface area contributed by atoms with Gasteiger partial charge in [0.25, 0.3) is 0 Å². The van der Waals surface area contributed by atoms with Crippen LogP contribution in [0.4, 0.5) is 0 Å². The number of carbonyl (C=O) groups excluding carboxylic acids is 1. The van der Waals surface area contributed by atoms with Crippen LogP contribution in [0.15, 0.2) is 54.9 Å². The lowest BCUT2D eigenvalue weighted by Gasteiger charge is -2.21. The number of aromatic nitrogens is 1. The van der Waals surface area contributed by atoms with Gasteiger partial charge >= 0.3 is 0 Å². The fourth-order valence-corrected chi connectivity index (χ4v) is 1.88. The number of likely N-dealkylation sites (N-methyl/N-ethyl adjacent to an activating group) is 1. The zero-order valence-electron chi connectivity index (χ0n) is 10.9. The summed E-state index contributed by atoms with van der Waals surface area (Å²) < 4.78 is 0. The Kier molecular flexibility index (Phi) is 4.26. The van der Waals surface area contributed by atoms with E-state index in [4.69, 9.17) is 5.73 Å². The van der Waals surface area contributed by atoms with Crippen molar-refractivity contribution < 1.29 is 4.79 Å². The van der Waals surface area contributed by atoms with E-state index >= 15 is 0 Å². The number of amides is 1. The number of benzene rings is 1. The fourth-order valence-electron chi connectivity index (χ4n) is 1.88. The number of carbonyl (C=O) groups is 1. The topological polar surface area (TPSA) is 59.2 Å². The van der Waals surface area contributed by atoms with Crippen molar-refractivity contribution >= 4 is 5.91 Å². The highest BCUT2D eigenvalue weighted by Crippen LogP contribution is 2.13. The molecule has 0 spiro atoms. The minimum atomic E-state index is -0.622. The van der Waals surface area contributed by atoms with Gasteiger partial charge in [0, 0.05) is 26.0 Å². The third-order valence-corrected chi connectivity index (χ3v) is 2.94. The SMILES string of the molecule is CN(Cc1cccnc1)C(=O)[C@H](N)c1ccccc1. The molecule has 0 unspecified atom stereocenters. The fraction of sp³-hybridized carbons (Fsp3) is 0.200. The molecule has 0 saturated heterocycles. The molecular formula is C15H17N3O. The van der Waals surface area contributed by atoms with Crippen LogP contribution in [0.2, 0.25) is 0 Å². The number of hydrogen-bond donors (Lipinski definition) is 1. The quantitative estimate of drug-likeness (QED) is 0.905. The van der Waals surface area contributed by atoms with Crippen molar-refractivity contribution in [2.75, 3.05) is 7.05 Å². The Labute approximate surface area is 112 Å². The summed E-state index contributed by atoms with van der Waals surface area (Å²) in [6.45, 7) is 0.507. The van der Waals surface area contributed by atoms with Crippen LogP contribution in [-0.4, -0.2) is 22.8 Å². The molecule has 2 aromatic rings. The molecule has 2 rings (SSSR count). The van der Waals surface area contributed by atoms with Crippen LogP contribution >= 0.6 is 0 Å². The summed E-state index contributed by atoms with van der Waals surface area (Å²) in [5.74, 6) is -0.102. The van der Waals surface area contributed by atoms with Crippen LogP contribution < -0.4 is 5.73 Å². The van der Waals surface area contributed by atoms with E-state index in [9.17, 15) is 4.79 Å². The summed E-state index contributed by atoms with van der Waals surface area (Å²) in [6.07, 6.45) is 3.46. The molecule has 4 heteroatoms. The number of pyridine rings is 1. The molecule has 2 N–H and O–H groups in total. The molecule has 0 fully saturated rings. The average molecular weight is 255 g/mol. The van der Waals surface area contributed by atoms with Gasteiger partial charge in [0.05, 0.1) is 0 Å². The Hall–Kier alpha value is -2.20. The van der Waals surface area contributed by atoms with E-state index in [1.807, 2.05) is 42.5 Å². The number of rotatable bonds is 4. The molecule has 0 saturated carbocycles. The second-order valence-corrected chi connectivity index (χ2v) is 4.44. The highest BCUT2D eigenvalue weighted by atomic mass is 16.2. The van der Waals surface area contributed by atoms with Gasteiger partial charge in [-0.2, -0.15) is 0 Å². The number of hydrogen-bond acceptors (Lipinski definition) is 3. The predicted octanol–water partition coefficient (Wildman–Crippen LogP) is 1.74. The zero-order chi connectivity index (χ0) is 13.7. The van der Waals surface area contributed by atoms with Gasteiger partial charge in [-0.25, -0.2) is 0 Å². The first-order valence-electron chi connectivity index (χ1n) is 6.13. The molecule has 0 aliphatic carbocycles. The van der Waals surface area contributed by atoms with Gasteiger partial charge in [0.15, 0.2) is 0 Å². The van der Waals surface area contributed by atoms with Gasteiger partial charge in [0.2, 0.25) is 5.91 Å².